The Bertz CT molecular complexity index is 329. The van der Waals surface area contributed by atoms with Crippen LogP contribution in [0.3, 0.4) is 0 Å². The third-order valence-corrected chi connectivity index (χ3v) is 2.30. The molecule has 1 rings (SSSR count). The smallest absolute Gasteiger partial charge is 0.335 e. The molecule has 1 aromatic rings. The van der Waals surface area contributed by atoms with E-state index in [0.29, 0.717) is 5.56 Å². The number of benzene rings is 1. The number of rotatable bonds is 4. The average molecular weight is 192 g/mol. The lowest BCUT2D eigenvalue weighted by Crippen LogP contribution is -2.02. The number of carboxylic acid groups (broad SMARTS) is 1. The van der Waals surface area contributed by atoms with Gasteiger partial charge in [0.05, 0.1) is 5.56 Å². The zero-order valence-electron chi connectivity index (χ0n) is 8.71. The summed E-state index contributed by atoms with van der Waals surface area (Å²) in [5.41, 5.74) is 2.41. The first-order valence-corrected chi connectivity index (χ1v) is 4.98. The number of hydrogen-bond donors (Lipinski definition) is 1. The van der Waals surface area contributed by atoms with Gasteiger partial charge in [-0.05, 0) is 31.4 Å². The Kier molecular flexibility index (Phi) is 3.69. The summed E-state index contributed by atoms with van der Waals surface area (Å²) in [5.74, 6) is -0.820. The summed E-state index contributed by atoms with van der Waals surface area (Å²) in [7, 11) is 0. The van der Waals surface area contributed by atoms with Crippen LogP contribution in [0.5, 0.6) is 0 Å². The van der Waals surface area contributed by atoms with Crippen LogP contribution in [-0.4, -0.2) is 11.1 Å². The summed E-state index contributed by atoms with van der Waals surface area (Å²) in [6.07, 6.45) is 2.99. The highest BCUT2D eigenvalue weighted by atomic mass is 16.4. The third kappa shape index (κ3) is 2.59. The second-order valence-electron chi connectivity index (χ2n) is 3.57. The van der Waals surface area contributed by atoms with Crippen LogP contribution in [0.15, 0.2) is 18.2 Å². The summed E-state index contributed by atoms with van der Waals surface area (Å²) in [4.78, 5) is 10.9. The summed E-state index contributed by atoms with van der Waals surface area (Å²) >= 11 is 0. The Labute approximate surface area is 84.6 Å². The molecule has 0 aliphatic rings. The molecule has 1 N–H and O–H groups in total. The molecule has 0 spiro atoms. The molecule has 0 fully saturated rings. The lowest BCUT2D eigenvalue weighted by molar-refractivity contribution is 0.0695. The molecule has 0 amide bonds. The lowest BCUT2D eigenvalue weighted by Gasteiger charge is -2.05. The molecule has 2 heteroatoms. The van der Waals surface area contributed by atoms with E-state index in [1.54, 1.807) is 6.07 Å². The second kappa shape index (κ2) is 4.80. The quantitative estimate of drug-likeness (QED) is 0.796. The normalized spacial score (nSPS) is 10.1. The molecule has 0 aliphatic carbocycles. The highest BCUT2D eigenvalue weighted by Gasteiger charge is 2.08. The fraction of sp³-hybridized carbons (Fsp3) is 0.417. The largest absolute Gasteiger partial charge is 0.478 e. The molecule has 2 nitrogen and oxygen atoms in total. The van der Waals surface area contributed by atoms with Crippen molar-refractivity contribution in [1.82, 2.24) is 0 Å². The van der Waals surface area contributed by atoms with Crippen molar-refractivity contribution in [2.24, 2.45) is 0 Å². The monoisotopic (exact) mass is 192 g/mol. The predicted octanol–water partition coefficient (Wildman–Crippen LogP) is 3.04. The number of aromatic carboxylic acids is 1. The van der Waals surface area contributed by atoms with Gasteiger partial charge in [0.2, 0.25) is 0 Å². The van der Waals surface area contributed by atoms with Crippen molar-refractivity contribution in [2.75, 3.05) is 0 Å². The predicted molar refractivity (Wildman–Crippen MR) is 56.8 cm³/mol. The molecule has 0 bridgehead atoms. The molecular weight excluding hydrogens is 176 g/mol. The van der Waals surface area contributed by atoms with Gasteiger partial charge in [-0.1, -0.05) is 31.0 Å². The lowest BCUT2D eigenvalue weighted by atomic mass is 10.00. The Morgan fingerprint density at radius 2 is 2.14 bits per heavy atom. The van der Waals surface area contributed by atoms with Crippen LogP contribution in [0, 0.1) is 6.92 Å². The molecule has 0 atom stereocenters. The van der Waals surface area contributed by atoms with Crippen molar-refractivity contribution in [3.8, 4) is 0 Å². The van der Waals surface area contributed by atoms with Crippen molar-refractivity contribution in [2.45, 2.75) is 33.1 Å². The number of carboxylic acids is 1. The van der Waals surface area contributed by atoms with E-state index in [1.165, 1.54) is 0 Å². The maximum atomic E-state index is 10.9. The van der Waals surface area contributed by atoms with Gasteiger partial charge in [0.1, 0.15) is 0 Å². The highest BCUT2D eigenvalue weighted by Crippen LogP contribution is 2.14. The van der Waals surface area contributed by atoms with Crippen LogP contribution in [0.4, 0.5) is 0 Å². The number of carbonyl (C=O) groups is 1. The maximum absolute atomic E-state index is 10.9. The molecule has 0 heterocycles. The third-order valence-electron chi connectivity index (χ3n) is 2.30. The molecule has 0 radical (unpaired) electrons. The summed E-state index contributed by atoms with van der Waals surface area (Å²) in [6, 6.07) is 5.64. The first kappa shape index (κ1) is 10.8. The Morgan fingerprint density at radius 3 is 2.71 bits per heavy atom. The van der Waals surface area contributed by atoms with Crippen LogP contribution in [0.2, 0.25) is 0 Å². The molecular formula is C12H16O2. The van der Waals surface area contributed by atoms with E-state index >= 15 is 0 Å². The summed E-state index contributed by atoms with van der Waals surface area (Å²) in [5, 5.41) is 8.99. The van der Waals surface area contributed by atoms with Gasteiger partial charge in [-0.25, -0.2) is 4.79 Å². The van der Waals surface area contributed by atoms with E-state index < -0.39 is 5.97 Å². The minimum absolute atomic E-state index is 0.457. The molecule has 0 aromatic heterocycles. The molecule has 0 aliphatic heterocycles. The Balaban J connectivity index is 2.96. The van der Waals surface area contributed by atoms with Gasteiger partial charge < -0.3 is 5.11 Å². The van der Waals surface area contributed by atoms with E-state index in [0.717, 1.165) is 30.4 Å². The van der Waals surface area contributed by atoms with Crippen LogP contribution in [0.1, 0.15) is 41.3 Å². The van der Waals surface area contributed by atoms with Gasteiger partial charge in [-0.2, -0.15) is 0 Å². The van der Waals surface area contributed by atoms with Gasteiger partial charge in [0.25, 0.3) is 0 Å². The van der Waals surface area contributed by atoms with Crippen molar-refractivity contribution < 1.29 is 9.90 Å². The van der Waals surface area contributed by atoms with Gasteiger partial charge in [0.15, 0.2) is 0 Å². The van der Waals surface area contributed by atoms with Crippen LogP contribution >= 0.6 is 0 Å². The number of aryl methyl sites for hydroxylation is 2. The average Bonchev–Trinajstić information content (AvgIpc) is 2.15. The molecule has 76 valence electrons. The SMILES string of the molecule is CCCCc1ccc(C)cc1C(=O)O. The van der Waals surface area contributed by atoms with Crippen molar-refractivity contribution in [1.29, 1.82) is 0 Å². The van der Waals surface area contributed by atoms with E-state index in [1.807, 2.05) is 19.1 Å². The topological polar surface area (TPSA) is 37.3 Å². The molecule has 0 unspecified atom stereocenters. The zero-order chi connectivity index (χ0) is 10.6. The molecule has 1 aromatic carbocycles. The van der Waals surface area contributed by atoms with E-state index in [2.05, 4.69) is 6.92 Å². The Hall–Kier alpha value is -1.31. The van der Waals surface area contributed by atoms with Gasteiger partial charge in [0, 0.05) is 0 Å². The minimum Gasteiger partial charge on any atom is -0.478 e. The van der Waals surface area contributed by atoms with Gasteiger partial charge in [-0.15, -0.1) is 0 Å². The summed E-state index contributed by atoms with van der Waals surface area (Å²) < 4.78 is 0. The first-order chi connectivity index (χ1) is 6.65. The minimum atomic E-state index is -0.820. The molecule has 0 saturated heterocycles. The van der Waals surface area contributed by atoms with Crippen LogP contribution in [-0.2, 0) is 6.42 Å². The maximum Gasteiger partial charge on any atom is 0.335 e. The van der Waals surface area contributed by atoms with E-state index in [-0.39, 0.29) is 0 Å². The summed E-state index contributed by atoms with van der Waals surface area (Å²) in [6.45, 7) is 4.02. The van der Waals surface area contributed by atoms with Crippen LogP contribution in [0.25, 0.3) is 0 Å². The van der Waals surface area contributed by atoms with Crippen molar-refractivity contribution >= 4 is 5.97 Å². The standard InChI is InChI=1S/C12H16O2/c1-3-4-5-10-7-6-9(2)8-11(10)12(13)14/h6-8H,3-5H2,1-2H3,(H,13,14). The van der Waals surface area contributed by atoms with E-state index in [4.69, 9.17) is 5.11 Å². The van der Waals surface area contributed by atoms with Crippen molar-refractivity contribution in [3.63, 3.8) is 0 Å². The Morgan fingerprint density at radius 1 is 1.43 bits per heavy atom. The molecule has 14 heavy (non-hydrogen) atoms. The van der Waals surface area contributed by atoms with E-state index in [9.17, 15) is 4.79 Å². The number of hydrogen-bond acceptors (Lipinski definition) is 1. The van der Waals surface area contributed by atoms with Gasteiger partial charge in [-0.3, -0.25) is 0 Å². The zero-order valence-corrected chi connectivity index (χ0v) is 8.71. The fourth-order valence-electron chi connectivity index (χ4n) is 1.47. The first-order valence-electron chi connectivity index (χ1n) is 4.98. The van der Waals surface area contributed by atoms with Crippen molar-refractivity contribution in [3.05, 3.63) is 34.9 Å². The van der Waals surface area contributed by atoms with Crippen LogP contribution < -0.4 is 0 Å². The number of unbranched alkanes of at least 4 members (excludes halogenated alkanes) is 1. The second-order valence-corrected chi connectivity index (χ2v) is 3.57. The highest BCUT2D eigenvalue weighted by molar-refractivity contribution is 5.89. The fourth-order valence-corrected chi connectivity index (χ4v) is 1.47. The van der Waals surface area contributed by atoms with Gasteiger partial charge >= 0.3 is 5.97 Å². The molecule has 0 saturated carbocycles.